The lowest BCUT2D eigenvalue weighted by Gasteiger charge is -2.10. The first-order valence-electron chi connectivity index (χ1n) is 9.98. The molecular weight excluding hydrogens is 554 g/mol. The van der Waals surface area contributed by atoms with Crippen LogP contribution in [0.4, 0.5) is 17.1 Å². The summed E-state index contributed by atoms with van der Waals surface area (Å²) in [5, 5.41) is 20.9. The molecule has 1 amide bonds. The average Bonchev–Trinajstić information content (AvgIpc) is 2.76. The Balaban J connectivity index is 2.02. The summed E-state index contributed by atoms with van der Waals surface area (Å²) in [4.78, 5) is 10.2. The number of carbonyl (C=O) groups excluding carboxylic acids is 1. The van der Waals surface area contributed by atoms with Crippen molar-refractivity contribution in [1.82, 2.24) is 0 Å². The summed E-state index contributed by atoms with van der Waals surface area (Å²) in [7, 11) is -13.8. The van der Waals surface area contributed by atoms with Crippen LogP contribution in [0.15, 0.2) is 68.6 Å². The molecule has 0 bridgehead atoms. The Morgan fingerprint density at radius 3 is 2.30 bits per heavy atom. The lowest BCUT2D eigenvalue weighted by Crippen LogP contribution is -2.15. The largest absolute Gasteiger partial charge is 0.505 e. The number of fused-ring (bicyclic) bond motifs is 1. The SMILES string of the molecule is CC(=O)Nc1ccc2c(O)c(N=Nc3cccc(S(=O)(=O)CCOS(=O)(=O)O)c3)c(S(=O)(=O)O)cc2c1. The first-order valence-corrected chi connectivity index (χ1v) is 14.4. The standard InChI is InChI=1S/C20H19N3O11S3/c1-12(24)21-14-5-6-17-13(9-14)10-18(36(28,29)30)19(20(17)25)23-22-15-3-2-4-16(11-15)35(26,27)8-7-34-37(31,32)33/h2-6,9-11,25H,7-8H2,1H3,(H,21,24)(H,28,29,30)(H,31,32,33). The van der Waals surface area contributed by atoms with Crippen molar-refractivity contribution >= 4 is 64.1 Å². The molecule has 198 valence electrons. The Bertz CT molecular complexity index is 1730. The zero-order valence-corrected chi connectivity index (χ0v) is 21.2. The average molecular weight is 574 g/mol. The van der Waals surface area contributed by atoms with Crippen LogP contribution >= 0.6 is 0 Å². The summed E-state index contributed by atoms with van der Waals surface area (Å²) < 4.78 is 92.3. The van der Waals surface area contributed by atoms with E-state index in [1.165, 1.54) is 43.3 Å². The van der Waals surface area contributed by atoms with Crippen LogP contribution in [0.2, 0.25) is 0 Å². The third-order valence-corrected chi connectivity index (χ3v) is 7.68. The number of hydrogen-bond acceptors (Lipinski definition) is 11. The van der Waals surface area contributed by atoms with Crippen LogP contribution in [-0.4, -0.2) is 57.7 Å². The molecule has 17 heteroatoms. The second-order valence-corrected chi connectivity index (χ2v) is 12.0. The van der Waals surface area contributed by atoms with Gasteiger partial charge in [0.1, 0.15) is 10.6 Å². The molecule has 37 heavy (non-hydrogen) atoms. The first kappa shape index (κ1) is 28.1. The van der Waals surface area contributed by atoms with Gasteiger partial charge in [-0.15, -0.1) is 5.11 Å². The van der Waals surface area contributed by atoms with Gasteiger partial charge in [-0.3, -0.25) is 13.9 Å². The molecule has 0 aliphatic heterocycles. The van der Waals surface area contributed by atoms with Crippen LogP contribution in [0.5, 0.6) is 5.75 Å². The monoisotopic (exact) mass is 573 g/mol. The number of nitrogens with one attached hydrogen (secondary N) is 1. The van der Waals surface area contributed by atoms with Crippen molar-refractivity contribution in [1.29, 1.82) is 0 Å². The fourth-order valence-electron chi connectivity index (χ4n) is 3.14. The van der Waals surface area contributed by atoms with E-state index in [2.05, 4.69) is 19.7 Å². The molecule has 0 aromatic heterocycles. The van der Waals surface area contributed by atoms with Crippen molar-refractivity contribution in [3.63, 3.8) is 0 Å². The van der Waals surface area contributed by atoms with Gasteiger partial charge in [0.2, 0.25) is 5.91 Å². The molecule has 4 N–H and O–H groups in total. The molecule has 0 heterocycles. The molecule has 3 rings (SSSR count). The Kier molecular flexibility index (Phi) is 7.96. The second kappa shape index (κ2) is 10.5. The fourth-order valence-corrected chi connectivity index (χ4v) is 5.32. The predicted octanol–water partition coefficient (Wildman–Crippen LogP) is 2.76. The molecular formula is C20H19N3O11S3. The maximum atomic E-state index is 12.4. The Labute approximate surface area is 211 Å². The molecule has 0 saturated carbocycles. The predicted molar refractivity (Wildman–Crippen MR) is 130 cm³/mol. The van der Waals surface area contributed by atoms with Crippen LogP contribution in [0.25, 0.3) is 10.8 Å². The van der Waals surface area contributed by atoms with Crippen LogP contribution in [0.3, 0.4) is 0 Å². The normalized spacial score (nSPS) is 12.7. The van der Waals surface area contributed by atoms with Crippen molar-refractivity contribution in [3.8, 4) is 5.75 Å². The summed E-state index contributed by atoms with van der Waals surface area (Å²) in [6.07, 6.45) is 0. The number of aromatic hydroxyl groups is 1. The summed E-state index contributed by atoms with van der Waals surface area (Å²) in [5.74, 6) is -1.85. The van der Waals surface area contributed by atoms with E-state index >= 15 is 0 Å². The minimum Gasteiger partial charge on any atom is -0.505 e. The van der Waals surface area contributed by atoms with Crippen molar-refractivity contribution < 1.29 is 48.4 Å². The number of sulfone groups is 1. The zero-order chi connectivity index (χ0) is 27.6. The van der Waals surface area contributed by atoms with Gasteiger partial charge in [-0.05, 0) is 47.9 Å². The number of phenolic OH excluding ortho intramolecular Hbond substituents is 1. The quantitative estimate of drug-likeness (QED) is 0.215. The van der Waals surface area contributed by atoms with Gasteiger partial charge in [0.05, 0.1) is 22.9 Å². The van der Waals surface area contributed by atoms with Gasteiger partial charge in [-0.25, -0.2) is 12.6 Å². The van der Waals surface area contributed by atoms with E-state index in [9.17, 15) is 39.7 Å². The summed E-state index contributed by atoms with van der Waals surface area (Å²) in [6, 6.07) is 10.00. The molecule has 0 aliphatic carbocycles. The molecule has 0 unspecified atom stereocenters. The molecule has 0 fully saturated rings. The van der Waals surface area contributed by atoms with Crippen LogP contribution in [-0.2, 0) is 39.3 Å². The molecule has 0 spiro atoms. The topological polar surface area (TPSA) is 226 Å². The lowest BCUT2D eigenvalue weighted by molar-refractivity contribution is -0.114. The summed E-state index contributed by atoms with van der Waals surface area (Å²) in [5.41, 5.74) is -0.425. The van der Waals surface area contributed by atoms with Gasteiger partial charge < -0.3 is 10.4 Å². The minimum atomic E-state index is -4.92. The molecule has 0 saturated heterocycles. The Hall–Kier alpha value is -3.48. The van der Waals surface area contributed by atoms with E-state index in [4.69, 9.17) is 4.55 Å². The van der Waals surface area contributed by atoms with E-state index in [0.717, 1.165) is 12.1 Å². The number of amides is 1. The number of carbonyl (C=O) groups is 1. The second-order valence-electron chi connectivity index (χ2n) is 7.43. The Morgan fingerprint density at radius 2 is 1.68 bits per heavy atom. The zero-order valence-electron chi connectivity index (χ0n) is 18.8. The van der Waals surface area contributed by atoms with Crippen molar-refractivity contribution in [2.75, 3.05) is 17.7 Å². The number of anilines is 1. The highest BCUT2D eigenvalue weighted by molar-refractivity contribution is 7.91. The van der Waals surface area contributed by atoms with Gasteiger partial charge >= 0.3 is 10.4 Å². The number of benzene rings is 3. The van der Waals surface area contributed by atoms with E-state index < -0.39 is 59.0 Å². The van der Waals surface area contributed by atoms with Gasteiger partial charge in [0.15, 0.2) is 15.6 Å². The van der Waals surface area contributed by atoms with E-state index in [1.807, 2.05) is 0 Å². The Morgan fingerprint density at radius 1 is 0.973 bits per heavy atom. The molecule has 3 aromatic carbocycles. The van der Waals surface area contributed by atoms with E-state index in [0.29, 0.717) is 5.69 Å². The van der Waals surface area contributed by atoms with Crippen molar-refractivity contribution in [2.24, 2.45) is 10.2 Å². The van der Waals surface area contributed by atoms with Crippen molar-refractivity contribution in [3.05, 3.63) is 48.5 Å². The van der Waals surface area contributed by atoms with E-state index in [-0.39, 0.29) is 27.3 Å². The van der Waals surface area contributed by atoms with Gasteiger partial charge in [-0.2, -0.15) is 21.9 Å². The van der Waals surface area contributed by atoms with Crippen molar-refractivity contribution in [2.45, 2.75) is 16.7 Å². The van der Waals surface area contributed by atoms with Gasteiger partial charge in [0.25, 0.3) is 10.1 Å². The number of phenols is 1. The highest BCUT2D eigenvalue weighted by atomic mass is 32.3. The fraction of sp³-hybridized carbons (Fsp3) is 0.150. The molecule has 0 atom stereocenters. The van der Waals surface area contributed by atoms with Gasteiger partial charge in [-0.1, -0.05) is 6.07 Å². The third-order valence-electron chi connectivity index (χ3n) is 4.68. The highest BCUT2D eigenvalue weighted by Gasteiger charge is 2.22. The van der Waals surface area contributed by atoms with E-state index in [1.54, 1.807) is 0 Å². The van der Waals surface area contributed by atoms with Gasteiger partial charge in [0, 0.05) is 18.0 Å². The smallest absolute Gasteiger partial charge is 0.397 e. The molecule has 3 aromatic rings. The van der Waals surface area contributed by atoms with Crippen LogP contribution in [0.1, 0.15) is 6.92 Å². The maximum absolute atomic E-state index is 12.4. The first-order chi connectivity index (χ1) is 17.1. The molecule has 0 aliphatic rings. The summed E-state index contributed by atoms with van der Waals surface area (Å²) in [6.45, 7) is 0.418. The maximum Gasteiger partial charge on any atom is 0.397 e. The minimum absolute atomic E-state index is 0.0986. The number of hydrogen-bond donors (Lipinski definition) is 4. The van der Waals surface area contributed by atoms with Crippen LogP contribution < -0.4 is 5.32 Å². The number of nitrogens with zero attached hydrogens (tertiary/aromatic N) is 2. The number of rotatable bonds is 9. The molecule has 0 radical (unpaired) electrons. The molecule has 14 nitrogen and oxygen atoms in total. The highest BCUT2D eigenvalue weighted by Crippen LogP contribution is 2.42. The lowest BCUT2D eigenvalue weighted by atomic mass is 10.1. The summed E-state index contributed by atoms with van der Waals surface area (Å²) >= 11 is 0. The third kappa shape index (κ3) is 7.28. The van der Waals surface area contributed by atoms with Crippen LogP contribution in [0, 0.1) is 0 Å². The number of azo groups is 1.